The van der Waals surface area contributed by atoms with Crippen molar-refractivity contribution in [3.05, 3.63) is 24.3 Å². The predicted molar refractivity (Wildman–Crippen MR) is 72.0 cm³/mol. The molecule has 0 aliphatic carbocycles. The molecule has 2 rings (SSSR count). The van der Waals surface area contributed by atoms with Crippen LogP contribution in [-0.4, -0.2) is 19.7 Å². The maximum absolute atomic E-state index is 5.95. The van der Waals surface area contributed by atoms with Crippen LogP contribution >= 0.6 is 0 Å². The average molecular weight is 245 g/mol. The maximum Gasteiger partial charge on any atom is 0.130 e. The van der Waals surface area contributed by atoms with Crippen molar-refractivity contribution < 1.29 is 0 Å². The predicted octanol–water partition coefficient (Wildman–Crippen LogP) is 2.46. The van der Waals surface area contributed by atoms with Crippen LogP contribution in [0.4, 0.5) is 5.82 Å². The molecule has 0 unspecified atom stereocenters. The number of nitrogens with zero attached hydrogens (tertiary/aromatic N) is 4. The molecule has 2 aromatic rings. The fraction of sp³-hybridized carbons (Fsp3) is 0.462. The number of nitrogen functional groups attached to an aromatic ring is 1. The fourth-order valence-corrected chi connectivity index (χ4v) is 2.05. The van der Waals surface area contributed by atoms with Crippen LogP contribution < -0.4 is 5.73 Å². The normalized spacial score (nSPS) is 11.1. The number of anilines is 1. The van der Waals surface area contributed by atoms with Crippen LogP contribution in [0.2, 0.25) is 0 Å². The van der Waals surface area contributed by atoms with Gasteiger partial charge in [0.15, 0.2) is 0 Å². The minimum atomic E-state index is 0.288. The Morgan fingerprint density at radius 3 is 2.78 bits per heavy atom. The van der Waals surface area contributed by atoms with Crippen molar-refractivity contribution in [2.75, 3.05) is 5.73 Å². The molecule has 0 amide bonds. The number of nitrogens with two attached hydrogens (primary N) is 1. The highest BCUT2D eigenvalue weighted by atomic mass is 15.3. The molecule has 0 radical (unpaired) electrons. The molecule has 0 aliphatic heterocycles. The van der Waals surface area contributed by atoms with Gasteiger partial charge >= 0.3 is 0 Å². The van der Waals surface area contributed by atoms with Crippen LogP contribution in [0.3, 0.4) is 0 Å². The summed E-state index contributed by atoms with van der Waals surface area (Å²) in [6.07, 6.45) is 6.41. The summed E-state index contributed by atoms with van der Waals surface area (Å²) in [7, 11) is 0. The van der Waals surface area contributed by atoms with Crippen LogP contribution in [-0.2, 0) is 6.54 Å². The van der Waals surface area contributed by atoms with Gasteiger partial charge in [0.05, 0.1) is 11.9 Å². The Hall–Kier alpha value is -1.91. The molecule has 0 bridgehead atoms. The number of aromatic nitrogens is 4. The lowest BCUT2D eigenvalue weighted by Crippen LogP contribution is -2.03. The summed E-state index contributed by atoms with van der Waals surface area (Å²) in [6.45, 7) is 7.23. The van der Waals surface area contributed by atoms with Crippen molar-refractivity contribution >= 4 is 5.82 Å². The Kier molecular flexibility index (Phi) is 3.60. The molecule has 2 aromatic heterocycles. The first-order valence-electron chi connectivity index (χ1n) is 6.26. The average Bonchev–Trinajstić information content (AvgIpc) is 2.77. The summed E-state index contributed by atoms with van der Waals surface area (Å²) in [5.41, 5.74) is 8.83. The van der Waals surface area contributed by atoms with E-state index in [0.717, 1.165) is 29.8 Å². The van der Waals surface area contributed by atoms with Gasteiger partial charge in [0.25, 0.3) is 0 Å². The highest BCUT2D eigenvalue weighted by molar-refractivity contribution is 5.67. The monoisotopic (exact) mass is 245 g/mol. The van der Waals surface area contributed by atoms with Crippen LogP contribution in [0.25, 0.3) is 11.3 Å². The van der Waals surface area contributed by atoms with E-state index in [2.05, 4.69) is 35.8 Å². The quantitative estimate of drug-likeness (QED) is 0.898. The zero-order valence-corrected chi connectivity index (χ0v) is 11.1. The first-order valence-corrected chi connectivity index (χ1v) is 6.26. The van der Waals surface area contributed by atoms with Crippen LogP contribution in [0.5, 0.6) is 0 Å². The van der Waals surface area contributed by atoms with Gasteiger partial charge in [-0.1, -0.05) is 20.8 Å². The van der Waals surface area contributed by atoms with E-state index in [1.165, 1.54) is 6.33 Å². The number of hydrogen-bond acceptors (Lipinski definition) is 4. The molecule has 0 spiro atoms. The van der Waals surface area contributed by atoms with Gasteiger partial charge in [-0.2, -0.15) is 5.10 Å². The molecule has 5 nitrogen and oxygen atoms in total. The Balaban J connectivity index is 2.46. The zero-order chi connectivity index (χ0) is 13.1. The standard InChI is InChI=1S/C13H19N5/c1-4-5-18-7-10(6-17-18)12-11(9(2)3)13(14)16-8-15-12/h6-9H,4-5H2,1-3H3,(H2,14,15,16). The summed E-state index contributed by atoms with van der Waals surface area (Å²) in [6, 6.07) is 0. The Bertz CT molecular complexity index is 530. The smallest absolute Gasteiger partial charge is 0.130 e. The number of hydrogen-bond donors (Lipinski definition) is 1. The Morgan fingerprint density at radius 1 is 1.33 bits per heavy atom. The van der Waals surface area contributed by atoms with E-state index in [-0.39, 0.29) is 5.92 Å². The third-order valence-electron chi connectivity index (χ3n) is 2.85. The molecule has 0 saturated heterocycles. The molecule has 0 aromatic carbocycles. The van der Waals surface area contributed by atoms with Crippen molar-refractivity contribution in [2.45, 2.75) is 39.7 Å². The first kappa shape index (κ1) is 12.5. The van der Waals surface area contributed by atoms with Gasteiger partial charge in [-0.3, -0.25) is 4.68 Å². The summed E-state index contributed by atoms with van der Waals surface area (Å²) in [5, 5.41) is 4.33. The second kappa shape index (κ2) is 5.16. The van der Waals surface area contributed by atoms with Crippen molar-refractivity contribution in [3.63, 3.8) is 0 Å². The van der Waals surface area contributed by atoms with Gasteiger partial charge in [0.1, 0.15) is 12.1 Å². The lowest BCUT2D eigenvalue weighted by Gasteiger charge is -2.12. The number of aryl methyl sites for hydroxylation is 1. The number of rotatable bonds is 4. The van der Waals surface area contributed by atoms with Gasteiger partial charge < -0.3 is 5.73 Å². The summed E-state index contributed by atoms with van der Waals surface area (Å²) in [5.74, 6) is 0.842. The van der Waals surface area contributed by atoms with Gasteiger partial charge in [-0.25, -0.2) is 9.97 Å². The summed E-state index contributed by atoms with van der Waals surface area (Å²) in [4.78, 5) is 8.43. The SMILES string of the molecule is CCCn1cc(-c2ncnc(N)c2C(C)C)cn1. The van der Waals surface area contributed by atoms with Crippen molar-refractivity contribution in [3.8, 4) is 11.3 Å². The molecule has 2 N–H and O–H groups in total. The topological polar surface area (TPSA) is 69.6 Å². The second-order valence-corrected chi connectivity index (χ2v) is 4.67. The Morgan fingerprint density at radius 2 is 2.11 bits per heavy atom. The third kappa shape index (κ3) is 2.34. The molecule has 0 aliphatic rings. The molecule has 18 heavy (non-hydrogen) atoms. The minimum absolute atomic E-state index is 0.288. The first-order chi connectivity index (χ1) is 8.63. The van der Waals surface area contributed by atoms with Gasteiger partial charge in [0.2, 0.25) is 0 Å². The lowest BCUT2D eigenvalue weighted by atomic mass is 9.99. The largest absolute Gasteiger partial charge is 0.383 e. The molecule has 0 saturated carbocycles. The van der Waals surface area contributed by atoms with E-state index in [9.17, 15) is 0 Å². The Labute approximate surface area is 107 Å². The molecular formula is C13H19N5. The van der Waals surface area contributed by atoms with Crippen molar-refractivity contribution in [1.29, 1.82) is 0 Å². The molecule has 0 fully saturated rings. The van der Waals surface area contributed by atoms with Crippen LogP contribution in [0, 0.1) is 0 Å². The van der Waals surface area contributed by atoms with Crippen molar-refractivity contribution in [1.82, 2.24) is 19.7 Å². The van der Waals surface area contributed by atoms with Crippen LogP contribution in [0.1, 0.15) is 38.7 Å². The van der Waals surface area contributed by atoms with Gasteiger partial charge in [-0.05, 0) is 12.3 Å². The van der Waals surface area contributed by atoms with Crippen molar-refractivity contribution in [2.24, 2.45) is 0 Å². The van der Waals surface area contributed by atoms with Gasteiger partial charge in [-0.15, -0.1) is 0 Å². The highest BCUT2D eigenvalue weighted by Crippen LogP contribution is 2.29. The summed E-state index contributed by atoms with van der Waals surface area (Å²) >= 11 is 0. The lowest BCUT2D eigenvalue weighted by molar-refractivity contribution is 0.603. The van der Waals surface area contributed by atoms with E-state index in [0.29, 0.717) is 5.82 Å². The second-order valence-electron chi connectivity index (χ2n) is 4.67. The minimum Gasteiger partial charge on any atom is -0.383 e. The summed E-state index contributed by atoms with van der Waals surface area (Å²) < 4.78 is 1.93. The van der Waals surface area contributed by atoms with E-state index in [1.807, 2.05) is 17.1 Å². The molecule has 96 valence electrons. The molecule has 2 heterocycles. The van der Waals surface area contributed by atoms with Gasteiger partial charge in [0, 0.05) is 23.9 Å². The van der Waals surface area contributed by atoms with Crippen LogP contribution in [0.15, 0.2) is 18.7 Å². The molecule has 5 heteroatoms. The molecular weight excluding hydrogens is 226 g/mol. The third-order valence-corrected chi connectivity index (χ3v) is 2.85. The zero-order valence-electron chi connectivity index (χ0n) is 11.1. The van der Waals surface area contributed by atoms with E-state index in [1.54, 1.807) is 0 Å². The van der Waals surface area contributed by atoms with E-state index < -0.39 is 0 Å². The van der Waals surface area contributed by atoms with E-state index in [4.69, 9.17) is 5.73 Å². The molecule has 0 atom stereocenters. The fourth-order valence-electron chi connectivity index (χ4n) is 2.05. The maximum atomic E-state index is 5.95. The van der Waals surface area contributed by atoms with E-state index >= 15 is 0 Å². The highest BCUT2D eigenvalue weighted by Gasteiger charge is 2.15.